The molecule has 0 spiro atoms. The lowest BCUT2D eigenvalue weighted by molar-refractivity contribution is 0.0953. The number of hydrogen-bond acceptors (Lipinski definition) is 3. The zero-order chi connectivity index (χ0) is 14.9. The van der Waals surface area contributed by atoms with Gasteiger partial charge < -0.3 is 10.6 Å². The number of nitrogens with one attached hydrogen (secondary N) is 2. The van der Waals surface area contributed by atoms with Crippen molar-refractivity contribution < 1.29 is 4.79 Å². The van der Waals surface area contributed by atoms with E-state index in [-0.39, 0.29) is 11.9 Å². The maximum atomic E-state index is 12.4. The second-order valence-electron chi connectivity index (χ2n) is 6.08. The Morgan fingerprint density at radius 1 is 1.23 bits per heavy atom. The Labute approximate surface area is 134 Å². The van der Waals surface area contributed by atoms with Crippen LogP contribution in [0.4, 0.5) is 0 Å². The molecule has 3 nitrogen and oxygen atoms in total. The smallest absolute Gasteiger partial charge is 0.261 e. The summed E-state index contributed by atoms with van der Waals surface area (Å²) in [7, 11) is 0. The van der Waals surface area contributed by atoms with E-state index in [1.807, 2.05) is 0 Å². The third kappa shape index (κ3) is 2.57. The molecule has 1 aliphatic carbocycles. The summed E-state index contributed by atoms with van der Waals surface area (Å²) in [4.78, 5) is 14.7. The Bertz CT molecular complexity index is 685. The lowest BCUT2D eigenvalue weighted by Gasteiger charge is -2.27. The maximum Gasteiger partial charge on any atom is 0.261 e. The van der Waals surface area contributed by atoms with Crippen molar-refractivity contribution in [2.45, 2.75) is 31.7 Å². The fourth-order valence-electron chi connectivity index (χ4n) is 3.50. The summed E-state index contributed by atoms with van der Waals surface area (Å²) in [6.07, 6.45) is 4.59. The molecule has 1 unspecified atom stereocenters. The van der Waals surface area contributed by atoms with Crippen LogP contribution in [-0.4, -0.2) is 19.0 Å². The molecular formula is C18H20N2OS. The van der Waals surface area contributed by atoms with Gasteiger partial charge >= 0.3 is 0 Å². The van der Waals surface area contributed by atoms with E-state index in [0.717, 1.165) is 30.7 Å². The van der Waals surface area contributed by atoms with E-state index < -0.39 is 0 Å². The van der Waals surface area contributed by atoms with Crippen LogP contribution in [0, 0.1) is 0 Å². The van der Waals surface area contributed by atoms with Crippen LogP contribution in [0.3, 0.4) is 0 Å². The molecule has 2 aliphatic rings. The number of carbonyl (C=O) groups excluding carboxylic acids is 1. The molecule has 4 rings (SSSR count). The van der Waals surface area contributed by atoms with Crippen molar-refractivity contribution in [3.05, 3.63) is 56.8 Å². The monoisotopic (exact) mass is 312 g/mol. The molecule has 2 heterocycles. The number of thiophene rings is 1. The zero-order valence-corrected chi connectivity index (χ0v) is 13.3. The van der Waals surface area contributed by atoms with E-state index in [4.69, 9.17) is 0 Å². The number of rotatable bonds is 3. The van der Waals surface area contributed by atoms with Gasteiger partial charge in [-0.25, -0.2) is 0 Å². The first-order valence-corrected chi connectivity index (χ1v) is 8.84. The highest BCUT2D eigenvalue weighted by Gasteiger charge is 2.22. The fourth-order valence-corrected chi connectivity index (χ4v) is 4.67. The van der Waals surface area contributed by atoms with E-state index in [9.17, 15) is 4.79 Å². The van der Waals surface area contributed by atoms with Gasteiger partial charge in [-0.05, 0) is 55.0 Å². The van der Waals surface area contributed by atoms with Gasteiger partial charge in [-0.2, -0.15) is 0 Å². The van der Waals surface area contributed by atoms with Crippen LogP contribution in [0.1, 0.15) is 43.7 Å². The summed E-state index contributed by atoms with van der Waals surface area (Å²) in [6.45, 7) is 1.63. The third-order valence-corrected chi connectivity index (χ3v) is 5.89. The van der Waals surface area contributed by atoms with Gasteiger partial charge in [-0.1, -0.05) is 24.3 Å². The minimum Gasteiger partial charge on any atom is -0.349 e. The van der Waals surface area contributed by atoms with Gasteiger partial charge in [0.2, 0.25) is 0 Å². The van der Waals surface area contributed by atoms with Crippen molar-refractivity contribution in [2.75, 3.05) is 13.1 Å². The number of fused-ring (bicyclic) bond motifs is 2. The van der Waals surface area contributed by atoms with Crippen molar-refractivity contribution in [2.24, 2.45) is 0 Å². The summed E-state index contributed by atoms with van der Waals surface area (Å²) in [5, 5.41) is 6.62. The van der Waals surface area contributed by atoms with E-state index >= 15 is 0 Å². The summed E-state index contributed by atoms with van der Waals surface area (Å²) in [6, 6.07) is 10.8. The molecule has 0 fully saturated rings. The highest BCUT2D eigenvalue weighted by molar-refractivity contribution is 7.14. The van der Waals surface area contributed by atoms with Crippen molar-refractivity contribution in [3.63, 3.8) is 0 Å². The second kappa shape index (κ2) is 5.86. The molecule has 2 aromatic rings. The predicted octanol–water partition coefficient (Wildman–Crippen LogP) is 2.85. The van der Waals surface area contributed by atoms with Gasteiger partial charge in [-0.3, -0.25) is 4.79 Å². The molecule has 1 amide bonds. The lowest BCUT2D eigenvalue weighted by Crippen LogP contribution is -2.38. The molecule has 1 aromatic carbocycles. The first kappa shape index (κ1) is 14.0. The van der Waals surface area contributed by atoms with Gasteiger partial charge in [0.05, 0.1) is 4.88 Å². The highest BCUT2D eigenvalue weighted by atomic mass is 32.1. The fraction of sp³-hybridized carbons (Fsp3) is 0.389. The average Bonchev–Trinajstić information content (AvgIpc) is 3.14. The molecule has 4 heteroatoms. The zero-order valence-electron chi connectivity index (χ0n) is 12.5. The lowest BCUT2D eigenvalue weighted by atomic mass is 9.94. The molecule has 0 bridgehead atoms. The van der Waals surface area contributed by atoms with Gasteiger partial charge in [0, 0.05) is 17.5 Å². The van der Waals surface area contributed by atoms with Crippen LogP contribution in [0.15, 0.2) is 30.3 Å². The summed E-state index contributed by atoms with van der Waals surface area (Å²) in [5.74, 6) is 0.0734. The Kier molecular flexibility index (Phi) is 3.72. The van der Waals surface area contributed by atoms with Crippen LogP contribution < -0.4 is 10.6 Å². The maximum absolute atomic E-state index is 12.4. The van der Waals surface area contributed by atoms with Gasteiger partial charge in [-0.15, -0.1) is 11.3 Å². The summed E-state index contributed by atoms with van der Waals surface area (Å²) in [5.41, 5.74) is 4.11. The topological polar surface area (TPSA) is 41.1 Å². The number of hydrogen-bond donors (Lipinski definition) is 2. The summed E-state index contributed by atoms with van der Waals surface area (Å²) >= 11 is 1.67. The largest absolute Gasteiger partial charge is 0.349 e. The van der Waals surface area contributed by atoms with E-state index in [2.05, 4.69) is 41.0 Å². The van der Waals surface area contributed by atoms with E-state index in [1.165, 1.54) is 28.0 Å². The number of carbonyl (C=O) groups is 1. The first-order chi connectivity index (χ1) is 10.8. The molecule has 2 N–H and O–H groups in total. The van der Waals surface area contributed by atoms with Crippen molar-refractivity contribution >= 4 is 17.2 Å². The first-order valence-electron chi connectivity index (χ1n) is 8.02. The molecule has 0 radical (unpaired) electrons. The second-order valence-corrected chi connectivity index (χ2v) is 7.21. The third-order valence-electron chi connectivity index (χ3n) is 4.65. The highest BCUT2D eigenvalue weighted by Crippen LogP contribution is 2.30. The quantitative estimate of drug-likeness (QED) is 0.915. The minimum atomic E-state index is 0.0734. The van der Waals surface area contributed by atoms with Crippen LogP contribution >= 0.6 is 11.3 Å². The van der Waals surface area contributed by atoms with Gasteiger partial charge in [0.15, 0.2) is 0 Å². The standard InChI is InChI=1S/C18H20N2OS/c21-18(17-10-13-5-3-7-16(13)22-17)20-11-15-14-6-2-1-4-12(14)8-9-19-15/h1-2,4,6,10,15,19H,3,5,7-9,11H2,(H,20,21). The van der Waals surface area contributed by atoms with E-state index in [1.54, 1.807) is 11.3 Å². The Morgan fingerprint density at radius 3 is 3.05 bits per heavy atom. The van der Waals surface area contributed by atoms with Crippen LogP contribution in [0.5, 0.6) is 0 Å². The van der Waals surface area contributed by atoms with Gasteiger partial charge in [0.1, 0.15) is 0 Å². The number of aryl methyl sites for hydroxylation is 2. The minimum absolute atomic E-state index is 0.0734. The molecule has 1 aromatic heterocycles. The molecule has 1 atom stereocenters. The summed E-state index contributed by atoms with van der Waals surface area (Å²) < 4.78 is 0. The number of benzene rings is 1. The SMILES string of the molecule is O=C(NCC1NCCc2ccccc21)c1cc2c(s1)CCC2. The number of amides is 1. The molecule has 22 heavy (non-hydrogen) atoms. The van der Waals surface area contributed by atoms with Crippen molar-refractivity contribution in [1.82, 2.24) is 10.6 Å². The van der Waals surface area contributed by atoms with E-state index in [0.29, 0.717) is 6.54 Å². The van der Waals surface area contributed by atoms with Gasteiger partial charge in [0.25, 0.3) is 5.91 Å². The Morgan fingerprint density at radius 2 is 2.14 bits per heavy atom. The predicted molar refractivity (Wildman–Crippen MR) is 89.6 cm³/mol. The molecule has 0 saturated carbocycles. The molecule has 114 valence electrons. The Balaban J connectivity index is 1.43. The molecule has 1 aliphatic heterocycles. The molecule has 0 saturated heterocycles. The van der Waals surface area contributed by atoms with Crippen LogP contribution in [0.25, 0.3) is 0 Å². The average molecular weight is 312 g/mol. The van der Waals surface area contributed by atoms with Crippen molar-refractivity contribution in [1.29, 1.82) is 0 Å². The van der Waals surface area contributed by atoms with Crippen molar-refractivity contribution in [3.8, 4) is 0 Å². The van der Waals surface area contributed by atoms with Crippen LogP contribution in [-0.2, 0) is 19.3 Å². The Hall–Kier alpha value is -1.65. The van der Waals surface area contributed by atoms with Crippen LogP contribution in [0.2, 0.25) is 0 Å². The molecular weight excluding hydrogens is 292 g/mol. The normalized spacial score (nSPS) is 19.5.